The van der Waals surface area contributed by atoms with E-state index < -0.39 is 11.7 Å². The van der Waals surface area contributed by atoms with Gasteiger partial charge < -0.3 is 10.6 Å². The van der Waals surface area contributed by atoms with E-state index in [1.165, 1.54) is 42.5 Å². The molecule has 10 heteroatoms. The Hall–Kier alpha value is -4.21. The zero-order valence-electron chi connectivity index (χ0n) is 18.6. The molecule has 2 aromatic carbocycles. The van der Waals surface area contributed by atoms with E-state index >= 15 is 0 Å². The van der Waals surface area contributed by atoms with Gasteiger partial charge in [0.2, 0.25) is 5.91 Å². The molecular formula is C24H22F2N6O2. The summed E-state index contributed by atoms with van der Waals surface area (Å²) in [5.41, 5.74) is 3.10. The molecule has 0 radical (unpaired) electrons. The van der Waals surface area contributed by atoms with Crippen molar-refractivity contribution in [2.75, 3.05) is 5.32 Å². The van der Waals surface area contributed by atoms with Crippen molar-refractivity contribution in [2.45, 2.75) is 33.2 Å². The SMILES string of the molecule is Cc1nc2nc(CNC(=O)c3cccc(F)c3)nn2c(C)c1CCC(=O)Nc1ccc(F)cc1. The molecular weight excluding hydrogens is 442 g/mol. The van der Waals surface area contributed by atoms with Crippen LogP contribution in [0.15, 0.2) is 48.5 Å². The minimum atomic E-state index is -0.493. The molecule has 4 aromatic rings. The van der Waals surface area contributed by atoms with Crippen molar-refractivity contribution in [3.05, 3.63) is 88.5 Å². The number of aromatic nitrogens is 4. The van der Waals surface area contributed by atoms with E-state index in [9.17, 15) is 18.4 Å². The third kappa shape index (κ3) is 5.22. The van der Waals surface area contributed by atoms with E-state index in [2.05, 4.69) is 25.7 Å². The summed E-state index contributed by atoms with van der Waals surface area (Å²) < 4.78 is 27.9. The number of halogens is 2. The fourth-order valence-corrected chi connectivity index (χ4v) is 3.57. The van der Waals surface area contributed by atoms with Crippen LogP contribution < -0.4 is 10.6 Å². The maximum atomic E-state index is 13.3. The number of nitrogens with one attached hydrogen (secondary N) is 2. The molecule has 0 unspecified atom stereocenters. The molecule has 34 heavy (non-hydrogen) atoms. The maximum absolute atomic E-state index is 13.3. The van der Waals surface area contributed by atoms with E-state index in [1.54, 1.807) is 4.52 Å². The summed E-state index contributed by atoms with van der Waals surface area (Å²) in [5, 5.41) is 9.83. The molecule has 4 rings (SSSR count). The highest BCUT2D eigenvalue weighted by molar-refractivity contribution is 5.94. The van der Waals surface area contributed by atoms with Crippen LogP contribution in [-0.4, -0.2) is 31.4 Å². The highest BCUT2D eigenvalue weighted by Crippen LogP contribution is 2.17. The van der Waals surface area contributed by atoms with Gasteiger partial charge in [-0.3, -0.25) is 9.59 Å². The van der Waals surface area contributed by atoms with Crippen LogP contribution in [0.3, 0.4) is 0 Å². The Morgan fingerprint density at radius 2 is 1.76 bits per heavy atom. The van der Waals surface area contributed by atoms with Gasteiger partial charge in [-0.15, -0.1) is 5.10 Å². The Balaban J connectivity index is 1.43. The Kier molecular flexibility index (Phi) is 6.58. The van der Waals surface area contributed by atoms with Gasteiger partial charge in [0.25, 0.3) is 11.7 Å². The van der Waals surface area contributed by atoms with Crippen LogP contribution in [0.5, 0.6) is 0 Å². The number of carbonyl (C=O) groups is 2. The van der Waals surface area contributed by atoms with Crippen LogP contribution in [0.1, 0.15) is 39.6 Å². The average Bonchev–Trinajstić information content (AvgIpc) is 3.22. The first-order chi connectivity index (χ1) is 16.3. The predicted molar refractivity (Wildman–Crippen MR) is 121 cm³/mol. The number of fused-ring (bicyclic) bond motifs is 1. The lowest BCUT2D eigenvalue weighted by Crippen LogP contribution is -2.23. The summed E-state index contributed by atoms with van der Waals surface area (Å²) in [6, 6.07) is 11.0. The quantitative estimate of drug-likeness (QED) is 0.436. The summed E-state index contributed by atoms with van der Waals surface area (Å²) in [7, 11) is 0. The van der Waals surface area contributed by atoms with Crippen LogP contribution in [0.2, 0.25) is 0 Å². The van der Waals surface area contributed by atoms with Gasteiger partial charge in [0.15, 0.2) is 5.82 Å². The summed E-state index contributed by atoms with van der Waals surface area (Å²) in [6.45, 7) is 3.74. The summed E-state index contributed by atoms with van der Waals surface area (Å²) in [4.78, 5) is 33.4. The molecule has 0 fully saturated rings. The van der Waals surface area contributed by atoms with Crippen molar-refractivity contribution in [1.29, 1.82) is 0 Å². The van der Waals surface area contributed by atoms with E-state index in [0.29, 0.717) is 23.7 Å². The highest BCUT2D eigenvalue weighted by atomic mass is 19.1. The van der Waals surface area contributed by atoms with Gasteiger partial charge in [-0.25, -0.2) is 18.3 Å². The molecule has 0 atom stereocenters. The van der Waals surface area contributed by atoms with Crippen molar-refractivity contribution in [3.8, 4) is 0 Å². The van der Waals surface area contributed by atoms with Gasteiger partial charge in [-0.2, -0.15) is 4.98 Å². The number of amides is 2. The first-order valence-electron chi connectivity index (χ1n) is 10.6. The van der Waals surface area contributed by atoms with E-state index in [1.807, 2.05) is 13.8 Å². The molecule has 2 heterocycles. The lowest BCUT2D eigenvalue weighted by molar-refractivity contribution is -0.116. The smallest absolute Gasteiger partial charge is 0.252 e. The van der Waals surface area contributed by atoms with Crippen molar-refractivity contribution < 1.29 is 18.4 Å². The van der Waals surface area contributed by atoms with Gasteiger partial charge in [0.1, 0.15) is 11.6 Å². The van der Waals surface area contributed by atoms with Crippen molar-refractivity contribution in [1.82, 2.24) is 24.9 Å². The van der Waals surface area contributed by atoms with Crippen LogP contribution >= 0.6 is 0 Å². The molecule has 2 amide bonds. The largest absolute Gasteiger partial charge is 0.345 e. The van der Waals surface area contributed by atoms with Crippen LogP contribution in [0.4, 0.5) is 14.5 Å². The van der Waals surface area contributed by atoms with Gasteiger partial charge in [0, 0.05) is 29.1 Å². The van der Waals surface area contributed by atoms with Gasteiger partial charge >= 0.3 is 0 Å². The standard InChI is InChI=1S/C24H22F2N6O2/c1-14-20(10-11-22(33)29-19-8-6-17(25)7-9-19)15(2)32-24(28-14)30-21(31-32)13-27-23(34)16-4-3-5-18(26)12-16/h3-9,12H,10-11,13H2,1-2H3,(H,27,34)(H,29,33). The molecule has 0 bridgehead atoms. The Morgan fingerprint density at radius 1 is 1.00 bits per heavy atom. The second-order valence-electron chi connectivity index (χ2n) is 7.75. The predicted octanol–water partition coefficient (Wildman–Crippen LogP) is 3.52. The van der Waals surface area contributed by atoms with Gasteiger partial charge in [0.05, 0.1) is 6.54 Å². The van der Waals surface area contributed by atoms with E-state index in [-0.39, 0.29) is 30.3 Å². The molecule has 8 nitrogen and oxygen atoms in total. The highest BCUT2D eigenvalue weighted by Gasteiger charge is 2.16. The Morgan fingerprint density at radius 3 is 2.50 bits per heavy atom. The van der Waals surface area contributed by atoms with Gasteiger partial charge in [-0.05, 0) is 68.3 Å². The number of benzene rings is 2. The van der Waals surface area contributed by atoms with Crippen LogP contribution in [-0.2, 0) is 17.8 Å². The Labute approximate surface area is 194 Å². The first kappa shape index (κ1) is 23.0. The van der Waals surface area contributed by atoms with E-state index in [4.69, 9.17) is 0 Å². The number of hydrogen-bond acceptors (Lipinski definition) is 5. The topological polar surface area (TPSA) is 101 Å². The molecule has 2 aromatic heterocycles. The average molecular weight is 464 g/mol. The normalized spacial score (nSPS) is 10.9. The van der Waals surface area contributed by atoms with Gasteiger partial charge in [-0.1, -0.05) is 6.07 Å². The van der Waals surface area contributed by atoms with Crippen LogP contribution in [0.25, 0.3) is 5.78 Å². The van der Waals surface area contributed by atoms with Crippen molar-refractivity contribution in [2.24, 2.45) is 0 Å². The Bertz CT molecular complexity index is 1370. The number of hydrogen-bond donors (Lipinski definition) is 2. The molecule has 0 aliphatic carbocycles. The third-order valence-electron chi connectivity index (χ3n) is 5.32. The number of nitrogens with zero attached hydrogens (tertiary/aromatic N) is 4. The molecule has 174 valence electrons. The molecule has 0 saturated heterocycles. The second kappa shape index (κ2) is 9.74. The summed E-state index contributed by atoms with van der Waals surface area (Å²) in [6.07, 6.45) is 0.636. The van der Waals surface area contributed by atoms with Crippen molar-refractivity contribution >= 4 is 23.3 Å². The lowest BCUT2D eigenvalue weighted by atomic mass is 10.1. The molecule has 0 aliphatic heterocycles. The van der Waals surface area contributed by atoms with Crippen molar-refractivity contribution in [3.63, 3.8) is 0 Å². The molecule has 2 N–H and O–H groups in total. The monoisotopic (exact) mass is 464 g/mol. The minimum Gasteiger partial charge on any atom is -0.345 e. The third-order valence-corrected chi connectivity index (χ3v) is 5.32. The minimum absolute atomic E-state index is 0.0482. The number of carbonyl (C=O) groups excluding carboxylic acids is 2. The van der Waals surface area contributed by atoms with E-state index in [0.717, 1.165) is 23.0 Å². The fraction of sp³-hybridized carbons (Fsp3) is 0.208. The lowest BCUT2D eigenvalue weighted by Gasteiger charge is -2.10. The maximum Gasteiger partial charge on any atom is 0.252 e. The van der Waals surface area contributed by atoms with Crippen LogP contribution in [0, 0.1) is 25.5 Å². The number of rotatable bonds is 7. The summed E-state index contributed by atoms with van der Waals surface area (Å²) in [5.74, 6) is -0.774. The fourth-order valence-electron chi connectivity index (χ4n) is 3.57. The zero-order valence-corrected chi connectivity index (χ0v) is 18.6. The molecule has 0 aliphatic rings. The number of anilines is 1. The first-order valence-corrected chi connectivity index (χ1v) is 10.6. The molecule has 0 spiro atoms. The number of aryl methyl sites for hydroxylation is 2. The molecule has 0 saturated carbocycles. The summed E-state index contributed by atoms with van der Waals surface area (Å²) >= 11 is 0. The second-order valence-corrected chi connectivity index (χ2v) is 7.75. The zero-order chi connectivity index (χ0) is 24.2.